The molecule has 36 heavy (non-hydrogen) atoms. The highest BCUT2D eigenvalue weighted by molar-refractivity contribution is 5.67. The molecule has 6 rings (SSSR count). The van der Waals surface area contributed by atoms with Crippen molar-refractivity contribution in [2.75, 3.05) is 0 Å². The molecular formula is C30H46O6. The lowest BCUT2D eigenvalue weighted by atomic mass is 9.46. The molecule has 0 amide bonds. The molecule has 2 bridgehead atoms. The number of ether oxygens (including phenoxy) is 3. The van der Waals surface area contributed by atoms with Gasteiger partial charge in [-0.2, -0.15) is 0 Å². The van der Waals surface area contributed by atoms with Crippen LogP contribution in [0, 0.1) is 34.5 Å². The number of carbonyl (C=O) groups excluding carboxylic acids is 1. The monoisotopic (exact) mass is 502 g/mol. The Labute approximate surface area is 216 Å². The van der Waals surface area contributed by atoms with Gasteiger partial charge in [0.15, 0.2) is 0 Å². The van der Waals surface area contributed by atoms with Gasteiger partial charge in [-0.15, -0.1) is 0 Å². The van der Waals surface area contributed by atoms with E-state index in [0.29, 0.717) is 24.2 Å². The fourth-order valence-corrected chi connectivity index (χ4v) is 10.5. The molecule has 6 nitrogen and oxygen atoms in total. The summed E-state index contributed by atoms with van der Waals surface area (Å²) < 4.78 is 19.8. The molecule has 11 atom stereocenters. The van der Waals surface area contributed by atoms with Crippen LogP contribution in [-0.4, -0.2) is 51.0 Å². The van der Waals surface area contributed by atoms with Crippen LogP contribution in [0.5, 0.6) is 0 Å². The minimum absolute atomic E-state index is 0.00598. The summed E-state index contributed by atoms with van der Waals surface area (Å²) >= 11 is 0. The van der Waals surface area contributed by atoms with Gasteiger partial charge in [0.2, 0.25) is 5.79 Å². The first kappa shape index (κ1) is 25.3. The van der Waals surface area contributed by atoms with E-state index in [-0.39, 0.29) is 34.9 Å². The molecule has 0 radical (unpaired) electrons. The maximum atomic E-state index is 12.3. The van der Waals surface area contributed by atoms with Crippen LogP contribution in [0.15, 0.2) is 11.6 Å². The smallest absolute Gasteiger partial charge is 0.303 e. The number of esters is 1. The van der Waals surface area contributed by atoms with Crippen molar-refractivity contribution < 1.29 is 29.2 Å². The predicted molar refractivity (Wildman–Crippen MR) is 135 cm³/mol. The van der Waals surface area contributed by atoms with Crippen LogP contribution in [0.1, 0.15) is 99.8 Å². The lowest BCUT2D eigenvalue weighted by Gasteiger charge is -2.60. The first-order valence-electron chi connectivity index (χ1n) is 14.3. The Morgan fingerprint density at radius 1 is 1.14 bits per heavy atom. The highest BCUT2D eigenvalue weighted by atomic mass is 16.8. The van der Waals surface area contributed by atoms with Crippen LogP contribution in [0.2, 0.25) is 0 Å². The molecule has 3 saturated carbocycles. The second kappa shape index (κ2) is 7.37. The van der Waals surface area contributed by atoms with Crippen molar-refractivity contribution in [2.45, 2.75) is 135 Å². The minimum Gasteiger partial charge on any atom is -0.456 e. The molecule has 0 aromatic rings. The SMILES string of the molecule is CC(=O)OC1(C)CC2(C(C)(C)O)OC3CC4C5CC=C6CC(O)CCC6(C)C5CCC4(C)C3C1(C)O2. The zero-order valence-corrected chi connectivity index (χ0v) is 23.2. The van der Waals surface area contributed by atoms with Gasteiger partial charge in [-0.3, -0.25) is 4.79 Å². The van der Waals surface area contributed by atoms with Gasteiger partial charge >= 0.3 is 5.97 Å². The number of fused-ring (bicyclic) bond motifs is 10. The molecule has 0 spiro atoms. The lowest BCUT2D eigenvalue weighted by Crippen LogP contribution is -2.65. The zero-order chi connectivity index (χ0) is 26.1. The number of hydrogen-bond acceptors (Lipinski definition) is 6. The van der Waals surface area contributed by atoms with E-state index in [1.807, 2.05) is 6.92 Å². The van der Waals surface area contributed by atoms with Gasteiger partial charge in [0, 0.05) is 19.3 Å². The van der Waals surface area contributed by atoms with Crippen LogP contribution >= 0.6 is 0 Å². The fraction of sp³-hybridized carbons (Fsp3) is 0.900. The quantitative estimate of drug-likeness (QED) is 0.413. The third-order valence-electron chi connectivity index (χ3n) is 12.3. The van der Waals surface area contributed by atoms with Crippen LogP contribution in [0.4, 0.5) is 0 Å². The molecule has 202 valence electrons. The summed E-state index contributed by atoms with van der Waals surface area (Å²) in [4.78, 5) is 12.3. The Morgan fingerprint density at radius 3 is 2.53 bits per heavy atom. The van der Waals surface area contributed by atoms with Crippen molar-refractivity contribution in [1.29, 1.82) is 0 Å². The van der Waals surface area contributed by atoms with Gasteiger partial charge in [-0.25, -0.2) is 0 Å². The Bertz CT molecular complexity index is 1000. The van der Waals surface area contributed by atoms with Gasteiger partial charge in [0.25, 0.3) is 0 Å². The predicted octanol–water partition coefficient (Wildman–Crippen LogP) is 4.90. The van der Waals surface area contributed by atoms with Crippen LogP contribution < -0.4 is 0 Å². The van der Waals surface area contributed by atoms with Crippen molar-refractivity contribution >= 4 is 5.97 Å². The van der Waals surface area contributed by atoms with Gasteiger partial charge in [-0.1, -0.05) is 25.5 Å². The topological polar surface area (TPSA) is 85.2 Å². The van der Waals surface area contributed by atoms with E-state index in [9.17, 15) is 15.0 Å². The first-order valence-corrected chi connectivity index (χ1v) is 14.3. The second-order valence-electron chi connectivity index (χ2n) is 14.6. The highest BCUT2D eigenvalue weighted by Gasteiger charge is 2.79. The molecule has 0 aromatic heterocycles. The van der Waals surface area contributed by atoms with Gasteiger partial charge in [-0.05, 0) is 101 Å². The first-order chi connectivity index (χ1) is 16.6. The molecular weight excluding hydrogens is 456 g/mol. The zero-order valence-electron chi connectivity index (χ0n) is 23.2. The van der Waals surface area contributed by atoms with Gasteiger partial charge in [0.05, 0.1) is 12.2 Å². The molecule has 11 unspecified atom stereocenters. The summed E-state index contributed by atoms with van der Waals surface area (Å²) in [6.45, 7) is 14.0. The van der Waals surface area contributed by atoms with E-state index in [4.69, 9.17) is 14.2 Å². The average molecular weight is 503 g/mol. The van der Waals surface area contributed by atoms with Crippen molar-refractivity contribution in [2.24, 2.45) is 34.5 Å². The van der Waals surface area contributed by atoms with E-state index in [0.717, 1.165) is 38.5 Å². The number of hydrogen-bond donors (Lipinski definition) is 2. The van der Waals surface area contributed by atoms with E-state index < -0.39 is 22.6 Å². The molecule has 4 aliphatic carbocycles. The van der Waals surface area contributed by atoms with Crippen molar-refractivity contribution in [1.82, 2.24) is 0 Å². The second-order valence-corrected chi connectivity index (χ2v) is 14.6. The summed E-state index contributed by atoms with van der Waals surface area (Å²) in [5, 5.41) is 21.6. The minimum atomic E-state index is -1.24. The third kappa shape index (κ3) is 3.02. The summed E-state index contributed by atoms with van der Waals surface area (Å²) in [5.41, 5.74) is -1.24. The number of aliphatic hydroxyl groups is 2. The average Bonchev–Trinajstić information content (AvgIpc) is 3.14. The molecule has 2 saturated heterocycles. The van der Waals surface area contributed by atoms with E-state index in [2.05, 4.69) is 26.8 Å². The van der Waals surface area contributed by atoms with Crippen LogP contribution in [0.3, 0.4) is 0 Å². The number of allylic oxidation sites excluding steroid dienone is 1. The standard InChI is InChI=1S/C30H46O6/c1-17(31)34-28(6)16-30(25(2,3)33)35-23-15-22-20-9-8-18-14-19(32)10-12-26(18,4)21(20)11-13-27(22,5)24(23)29(28,7)36-30/h8,19-24,32-33H,9-16H2,1-7H3. The van der Waals surface area contributed by atoms with Gasteiger partial charge in [0.1, 0.15) is 16.8 Å². The molecule has 0 aromatic carbocycles. The summed E-state index contributed by atoms with van der Waals surface area (Å²) in [6, 6.07) is 0. The van der Waals surface area contributed by atoms with Crippen LogP contribution in [0.25, 0.3) is 0 Å². The lowest BCUT2D eigenvalue weighted by molar-refractivity contribution is -0.387. The summed E-state index contributed by atoms with van der Waals surface area (Å²) in [6.07, 6.45) is 9.63. The molecule has 6 aliphatic rings. The van der Waals surface area contributed by atoms with Crippen molar-refractivity contribution in [3.63, 3.8) is 0 Å². The molecule has 2 aliphatic heterocycles. The molecule has 5 fully saturated rings. The normalized spacial score (nSPS) is 55.6. The maximum absolute atomic E-state index is 12.3. The van der Waals surface area contributed by atoms with E-state index in [1.54, 1.807) is 13.8 Å². The molecule has 2 N–H and O–H groups in total. The maximum Gasteiger partial charge on any atom is 0.303 e. The summed E-state index contributed by atoms with van der Waals surface area (Å²) in [7, 11) is 0. The Hall–Kier alpha value is -0.950. The molecule has 2 heterocycles. The molecule has 6 heteroatoms. The van der Waals surface area contributed by atoms with E-state index in [1.165, 1.54) is 18.9 Å². The Kier molecular flexibility index (Phi) is 5.18. The van der Waals surface area contributed by atoms with Crippen molar-refractivity contribution in [3.8, 4) is 0 Å². The number of carbonyl (C=O) groups is 1. The fourth-order valence-electron chi connectivity index (χ4n) is 10.5. The summed E-state index contributed by atoms with van der Waals surface area (Å²) in [5.74, 6) is 0.219. The van der Waals surface area contributed by atoms with Crippen molar-refractivity contribution in [3.05, 3.63) is 11.6 Å². The van der Waals surface area contributed by atoms with E-state index >= 15 is 0 Å². The number of aliphatic hydroxyl groups excluding tert-OH is 1. The number of rotatable bonds is 2. The Morgan fingerprint density at radius 2 is 1.86 bits per heavy atom. The largest absolute Gasteiger partial charge is 0.456 e. The Balaban J connectivity index is 1.41. The van der Waals surface area contributed by atoms with Crippen LogP contribution in [-0.2, 0) is 19.0 Å². The van der Waals surface area contributed by atoms with Gasteiger partial charge < -0.3 is 24.4 Å². The third-order valence-corrected chi connectivity index (χ3v) is 12.3. The highest BCUT2D eigenvalue weighted by Crippen LogP contribution is 2.73.